The molecule has 1 aromatic carbocycles. The Balaban J connectivity index is 1.35. The predicted octanol–water partition coefficient (Wildman–Crippen LogP) is 4.79. The van der Waals surface area contributed by atoms with Crippen LogP contribution in [0.4, 0.5) is 0 Å². The van der Waals surface area contributed by atoms with E-state index in [1.165, 1.54) is 0 Å². The number of allylic oxidation sites excluding steroid dienone is 1. The molecule has 6 rings (SSSR count). The number of aryl methyl sites for hydroxylation is 1. The molecular weight excluding hydrogens is 586 g/mol. The van der Waals surface area contributed by atoms with Gasteiger partial charge >= 0.3 is 5.97 Å². The smallest absolute Gasteiger partial charge is 0.330 e. The molecule has 2 fully saturated rings. The van der Waals surface area contributed by atoms with Crippen molar-refractivity contribution < 1.29 is 29.0 Å². The van der Waals surface area contributed by atoms with Gasteiger partial charge in [0.25, 0.3) is 0 Å². The van der Waals surface area contributed by atoms with Gasteiger partial charge in [-0.3, -0.25) is 9.59 Å². The number of carboxylic acids is 1. The molecule has 2 saturated carbocycles. The number of carbonyl (C=O) groups excluding carboxylic acids is 2. The Labute approximate surface area is 268 Å². The van der Waals surface area contributed by atoms with Crippen molar-refractivity contribution in [2.45, 2.75) is 76.9 Å². The normalized spacial score (nSPS) is 27.5. The molecular formula is C35H43N5O6. The van der Waals surface area contributed by atoms with Crippen LogP contribution < -0.4 is 14.8 Å². The molecule has 244 valence electrons. The summed E-state index contributed by atoms with van der Waals surface area (Å²) in [6.07, 6.45) is 8.79. The van der Waals surface area contributed by atoms with Crippen molar-refractivity contribution in [2.75, 3.05) is 20.7 Å². The standard InChI is InChI=1S/C35H43N5O6/c1-20(2)27-13-15-40(38-27)30-18-29(24-11-12-28(45-5)21(3)31(24)36-30)46-23-16-25-26(17-23)33(42)39(4)14-9-7-6-8-10-22-19-35(22,34(43)44)37-32(25)41/h8,10-13,15,18,20,22-23,25-26H,6-7,9,14,16-17,19H2,1-5H3,(H,37,41)(H,43,44)/b10-8+. The summed E-state index contributed by atoms with van der Waals surface area (Å²) in [7, 11) is 3.39. The summed E-state index contributed by atoms with van der Waals surface area (Å²) >= 11 is 0. The molecule has 0 radical (unpaired) electrons. The van der Waals surface area contributed by atoms with Crippen molar-refractivity contribution in [1.82, 2.24) is 25.0 Å². The SMILES string of the molecule is COc1ccc2c(OC3CC4C(=O)NC5(C(=O)O)CC5/C=C/CCCCN(C)C(=O)C4C3)cc(-n3ccc(C(C)C)n3)nc2c1C. The molecule has 5 atom stereocenters. The van der Waals surface area contributed by atoms with E-state index in [9.17, 15) is 19.5 Å². The number of hydrogen-bond donors (Lipinski definition) is 2. The van der Waals surface area contributed by atoms with Crippen LogP contribution in [0.15, 0.2) is 42.6 Å². The number of hydrogen-bond acceptors (Lipinski definition) is 7. The molecule has 0 saturated heterocycles. The Morgan fingerprint density at radius 2 is 1.91 bits per heavy atom. The van der Waals surface area contributed by atoms with Gasteiger partial charge in [0.05, 0.1) is 30.2 Å². The fraction of sp³-hybridized carbons (Fsp3) is 0.514. The number of aromatic nitrogens is 3. The third-order valence-corrected chi connectivity index (χ3v) is 9.86. The van der Waals surface area contributed by atoms with Gasteiger partial charge in [0.2, 0.25) is 11.8 Å². The van der Waals surface area contributed by atoms with Gasteiger partial charge in [-0.05, 0) is 69.6 Å². The van der Waals surface area contributed by atoms with Crippen LogP contribution in [-0.2, 0) is 14.4 Å². The zero-order valence-corrected chi connectivity index (χ0v) is 27.2. The number of nitrogens with one attached hydrogen (secondary N) is 1. The van der Waals surface area contributed by atoms with E-state index in [2.05, 4.69) is 19.2 Å². The number of amides is 2. The van der Waals surface area contributed by atoms with Gasteiger partial charge in [0, 0.05) is 42.7 Å². The highest BCUT2D eigenvalue weighted by atomic mass is 16.5. The third-order valence-electron chi connectivity index (χ3n) is 9.86. The monoisotopic (exact) mass is 629 g/mol. The number of fused-ring (bicyclic) bond motifs is 3. The number of carboxylic acid groups (broad SMARTS) is 1. The average molecular weight is 630 g/mol. The van der Waals surface area contributed by atoms with E-state index < -0.39 is 35.4 Å². The second-order valence-electron chi connectivity index (χ2n) is 13.3. The van der Waals surface area contributed by atoms with Gasteiger partial charge < -0.3 is 24.8 Å². The van der Waals surface area contributed by atoms with Crippen LogP contribution in [0.3, 0.4) is 0 Å². The van der Waals surface area contributed by atoms with Crippen LogP contribution in [0.2, 0.25) is 0 Å². The second kappa shape index (κ2) is 12.4. The Morgan fingerprint density at radius 1 is 1.13 bits per heavy atom. The highest BCUT2D eigenvalue weighted by Crippen LogP contribution is 2.47. The summed E-state index contributed by atoms with van der Waals surface area (Å²) in [5.74, 6) is -1.11. The van der Waals surface area contributed by atoms with Gasteiger partial charge in [0.15, 0.2) is 5.82 Å². The molecule has 3 heterocycles. The fourth-order valence-corrected chi connectivity index (χ4v) is 6.95. The van der Waals surface area contributed by atoms with E-state index in [1.54, 1.807) is 23.7 Å². The zero-order chi connectivity index (χ0) is 32.7. The zero-order valence-electron chi connectivity index (χ0n) is 27.2. The summed E-state index contributed by atoms with van der Waals surface area (Å²) in [5.41, 5.74) is 1.16. The number of carbonyl (C=O) groups is 3. The van der Waals surface area contributed by atoms with E-state index in [-0.39, 0.29) is 24.2 Å². The Morgan fingerprint density at radius 3 is 2.63 bits per heavy atom. The van der Waals surface area contributed by atoms with Crippen LogP contribution in [0.25, 0.3) is 16.7 Å². The van der Waals surface area contributed by atoms with E-state index in [0.717, 1.165) is 35.9 Å². The number of benzene rings is 1. The molecule has 46 heavy (non-hydrogen) atoms. The minimum absolute atomic E-state index is 0.116. The fourth-order valence-electron chi connectivity index (χ4n) is 6.95. The van der Waals surface area contributed by atoms with Crippen LogP contribution >= 0.6 is 0 Å². The topological polar surface area (TPSA) is 136 Å². The van der Waals surface area contributed by atoms with Crippen molar-refractivity contribution in [2.24, 2.45) is 17.8 Å². The lowest BCUT2D eigenvalue weighted by atomic mass is 9.93. The Hall–Kier alpha value is -4.41. The largest absolute Gasteiger partial charge is 0.496 e. The van der Waals surface area contributed by atoms with Crippen LogP contribution in [0.1, 0.15) is 69.5 Å². The molecule has 3 aromatic rings. The first kappa shape index (κ1) is 31.6. The highest BCUT2D eigenvalue weighted by Gasteiger charge is 2.61. The van der Waals surface area contributed by atoms with Crippen molar-refractivity contribution in [3.63, 3.8) is 0 Å². The van der Waals surface area contributed by atoms with Gasteiger partial charge in [0.1, 0.15) is 23.1 Å². The summed E-state index contributed by atoms with van der Waals surface area (Å²) < 4.78 is 14.0. The Bertz CT molecular complexity index is 1700. The van der Waals surface area contributed by atoms with E-state index in [0.29, 0.717) is 42.2 Å². The van der Waals surface area contributed by atoms with Gasteiger partial charge in [-0.1, -0.05) is 26.0 Å². The number of aliphatic carboxylic acids is 1. The predicted molar refractivity (Wildman–Crippen MR) is 172 cm³/mol. The van der Waals surface area contributed by atoms with Crippen molar-refractivity contribution in [3.8, 4) is 17.3 Å². The minimum Gasteiger partial charge on any atom is -0.496 e. The molecule has 5 unspecified atom stereocenters. The molecule has 11 nitrogen and oxygen atoms in total. The van der Waals surface area contributed by atoms with Crippen LogP contribution in [0, 0.1) is 24.7 Å². The summed E-state index contributed by atoms with van der Waals surface area (Å²) in [6, 6.07) is 7.59. The number of methoxy groups -OCH3 is 1. The van der Waals surface area contributed by atoms with E-state index in [1.807, 2.05) is 49.5 Å². The molecule has 2 amide bonds. The Kier molecular flexibility index (Phi) is 8.52. The molecule has 2 aromatic heterocycles. The van der Waals surface area contributed by atoms with E-state index >= 15 is 0 Å². The summed E-state index contributed by atoms with van der Waals surface area (Å²) in [6.45, 7) is 6.70. The molecule has 2 N–H and O–H groups in total. The first-order valence-corrected chi connectivity index (χ1v) is 16.2. The number of pyridine rings is 1. The van der Waals surface area contributed by atoms with Gasteiger partial charge in [-0.2, -0.15) is 5.10 Å². The minimum atomic E-state index is -1.33. The quantitative estimate of drug-likeness (QED) is 0.372. The first-order chi connectivity index (χ1) is 22.0. The molecule has 3 aliphatic rings. The number of nitrogens with zero attached hydrogens (tertiary/aromatic N) is 4. The van der Waals surface area contributed by atoms with Crippen LogP contribution in [-0.4, -0.2) is 74.9 Å². The number of ether oxygens (including phenoxy) is 2. The average Bonchev–Trinajstić information content (AvgIpc) is 3.33. The highest BCUT2D eigenvalue weighted by molar-refractivity contribution is 5.94. The third kappa shape index (κ3) is 5.83. The summed E-state index contributed by atoms with van der Waals surface area (Å²) in [4.78, 5) is 46.6. The van der Waals surface area contributed by atoms with Gasteiger partial charge in [-0.25, -0.2) is 14.5 Å². The lowest BCUT2D eigenvalue weighted by Crippen LogP contribution is -2.49. The lowest BCUT2D eigenvalue weighted by molar-refractivity contribution is -0.145. The second-order valence-corrected chi connectivity index (χ2v) is 13.3. The maximum absolute atomic E-state index is 13.8. The lowest BCUT2D eigenvalue weighted by Gasteiger charge is -2.26. The van der Waals surface area contributed by atoms with Crippen molar-refractivity contribution in [1.29, 1.82) is 0 Å². The summed E-state index contributed by atoms with van der Waals surface area (Å²) in [5, 5.41) is 18.4. The molecule has 1 aliphatic heterocycles. The molecule has 2 aliphatic carbocycles. The number of rotatable bonds is 6. The molecule has 0 spiro atoms. The maximum atomic E-state index is 13.8. The van der Waals surface area contributed by atoms with E-state index in [4.69, 9.17) is 19.6 Å². The molecule has 0 bridgehead atoms. The van der Waals surface area contributed by atoms with Crippen molar-refractivity contribution >= 4 is 28.7 Å². The maximum Gasteiger partial charge on any atom is 0.330 e. The molecule has 11 heteroatoms. The van der Waals surface area contributed by atoms with Crippen LogP contribution in [0.5, 0.6) is 11.5 Å². The van der Waals surface area contributed by atoms with Gasteiger partial charge in [-0.15, -0.1) is 0 Å². The first-order valence-electron chi connectivity index (χ1n) is 16.2. The van der Waals surface area contributed by atoms with Crippen molar-refractivity contribution in [3.05, 3.63) is 53.9 Å².